The molecular weight excluding hydrogens is 284 g/mol. The van der Waals surface area contributed by atoms with E-state index in [4.69, 9.17) is 4.74 Å². The molecule has 0 unspecified atom stereocenters. The number of fused-ring (bicyclic) bond motifs is 1. The topological polar surface area (TPSA) is 55.0 Å². The Kier molecular flexibility index (Phi) is 3.51. The molecule has 5 heteroatoms. The van der Waals surface area contributed by atoms with Gasteiger partial charge in [0.2, 0.25) is 0 Å². The molecule has 1 N–H and O–H groups in total. The van der Waals surface area contributed by atoms with Gasteiger partial charge in [-0.3, -0.25) is 4.79 Å². The number of thiophene rings is 1. The zero-order chi connectivity index (χ0) is 15.0. The summed E-state index contributed by atoms with van der Waals surface area (Å²) in [5, 5.41) is 0.673. The summed E-state index contributed by atoms with van der Waals surface area (Å²) in [5.74, 6) is 1.48. The lowest BCUT2D eigenvalue weighted by molar-refractivity contribution is 0.340. The lowest BCUT2D eigenvalue weighted by Crippen LogP contribution is -2.08. The smallest absolute Gasteiger partial charge is 0.260 e. The Hall–Kier alpha value is -2.14. The second kappa shape index (κ2) is 5.33. The molecule has 0 amide bonds. The Morgan fingerprint density at radius 2 is 1.95 bits per heavy atom. The summed E-state index contributed by atoms with van der Waals surface area (Å²) in [7, 11) is 0. The fourth-order valence-corrected chi connectivity index (χ4v) is 3.55. The molecule has 1 aromatic carbocycles. The van der Waals surface area contributed by atoms with E-state index in [0.717, 1.165) is 26.6 Å². The van der Waals surface area contributed by atoms with Gasteiger partial charge in [-0.2, -0.15) is 0 Å². The molecule has 0 fully saturated rings. The zero-order valence-corrected chi connectivity index (χ0v) is 13.0. The summed E-state index contributed by atoms with van der Waals surface area (Å²) in [4.78, 5) is 21.4. The lowest BCUT2D eigenvalue weighted by atomic mass is 10.0. The summed E-state index contributed by atoms with van der Waals surface area (Å²) < 4.78 is 5.46. The third kappa shape index (κ3) is 2.45. The maximum absolute atomic E-state index is 12.3. The number of aryl methyl sites for hydroxylation is 2. The maximum Gasteiger partial charge on any atom is 0.260 e. The molecule has 0 bridgehead atoms. The Morgan fingerprint density at radius 3 is 2.62 bits per heavy atom. The monoisotopic (exact) mass is 300 g/mol. The van der Waals surface area contributed by atoms with Crippen molar-refractivity contribution in [2.24, 2.45) is 0 Å². The van der Waals surface area contributed by atoms with Crippen molar-refractivity contribution in [1.29, 1.82) is 0 Å². The largest absolute Gasteiger partial charge is 0.494 e. The molecule has 0 aliphatic carbocycles. The predicted octanol–water partition coefficient (Wildman–Crippen LogP) is 3.67. The molecular formula is C16H16N2O2S. The van der Waals surface area contributed by atoms with Crippen molar-refractivity contribution < 1.29 is 4.74 Å². The van der Waals surface area contributed by atoms with Crippen LogP contribution in [0.1, 0.15) is 17.6 Å². The van der Waals surface area contributed by atoms with Crippen LogP contribution in [0.4, 0.5) is 0 Å². The molecule has 3 rings (SSSR count). The van der Waals surface area contributed by atoms with Crippen molar-refractivity contribution in [3.8, 4) is 16.9 Å². The van der Waals surface area contributed by atoms with E-state index in [1.807, 2.05) is 38.1 Å². The molecule has 0 saturated heterocycles. The Morgan fingerprint density at radius 1 is 1.24 bits per heavy atom. The van der Waals surface area contributed by atoms with Crippen LogP contribution in [0.5, 0.6) is 5.75 Å². The van der Waals surface area contributed by atoms with Crippen LogP contribution in [-0.2, 0) is 0 Å². The van der Waals surface area contributed by atoms with E-state index < -0.39 is 0 Å². The van der Waals surface area contributed by atoms with Gasteiger partial charge in [-0.1, -0.05) is 12.1 Å². The number of nitrogens with zero attached hydrogens (tertiary/aromatic N) is 1. The summed E-state index contributed by atoms with van der Waals surface area (Å²) in [6.07, 6.45) is 0. The van der Waals surface area contributed by atoms with Gasteiger partial charge in [0, 0.05) is 10.4 Å². The third-order valence-corrected chi connectivity index (χ3v) is 4.31. The molecule has 0 radical (unpaired) electrons. The van der Waals surface area contributed by atoms with E-state index in [9.17, 15) is 4.79 Å². The first kappa shape index (κ1) is 13.8. The number of ether oxygens (including phenoxy) is 1. The fraction of sp³-hybridized carbons (Fsp3) is 0.250. The van der Waals surface area contributed by atoms with Crippen LogP contribution in [0.3, 0.4) is 0 Å². The maximum atomic E-state index is 12.3. The number of hydrogen-bond acceptors (Lipinski definition) is 4. The first-order valence-corrected chi connectivity index (χ1v) is 7.65. The lowest BCUT2D eigenvalue weighted by Gasteiger charge is -2.05. The molecule has 0 atom stereocenters. The van der Waals surface area contributed by atoms with Crippen molar-refractivity contribution in [1.82, 2.24) is 9.97 Å². The standard InChI is InChI=1S/C16H16N2O2S/c1-4-20-12-7-5-11(6-8-12)13-9(2)21-16-14(13)15(19)17-10(3)18-16/h5-8H,4H2,1-3H3,(H,17,18,19). The van der Waals surface area contributed by atoms with Gasteiger partial charge in [0.15, 0.2) is 0 Å². The van der Waals surface area contributed by atoms with Gasteiger partial charge in [-0.15, -0.1) is 11.3 Å². The van der Waals surface area contributed by atoms with Crippen LogP contribution in [0.2, 0.25) is 0 Å². The van der Waals surface area contributed by atoms with Crippen LogP contribution in [-0.4, -0.2) is 16.6 Å². The third-order valence-electron chi connectivity index (χ3n) is 3.31. The van der Waals surface area contributed by atoms with Crippen LogP contribution in [0, 0.1) is 13.8 Å². The minimum absolute atomic E-state index is 0.0780. The molecule has 2 aromatic heterocycles. The normalized spacial score (nSPS) is 11.0. The van der Waals surface area contributed by atoms with E-state index >= 15 is 0 Å². The number of rotatable bonds is 3. The molecule has 2 heterocycles. The van der Waals surface area contributed by atoms with Crippen molar-refractivity contribution in [3.05, 3.63) is 45.3 Å². The number of H-pyrrole nitrogens is 1. The van der Waals surface area contributed by atoms with Gasteiger partial charge in [-0.05, 0) is 38.5 Å². The number of aromatic amines is 1. The first-order chi connectivity index (χ1) is 10.1. The second-order valence-electron chi connectivity index (χ2n) is 4.82. The van der Waals surface area contributed by atoms with Crippen LogP contribution in [0.15, 0.2) is 29.1 Å². The molecule has 0 spiro atoms. The Balaban J connectivity index is 2.20. The molecule has 3 aromatic rings. The zero-order valence-electron chi connectivity index (χ0n) is 12.2. The highest BCUT2D eigenvalue weighted by Gasteiger charge is 2.15. The van der Waals surface area contributed by atoms with E-state index in [-0.39, 0.29) is 5.56 Å². The van der Waals surface area contributed by atoms with Crippen molar-refractivity contribution in [2.45, 2.75) is 20.8 Å². The van der Waals surface area contributed by atoms with Crippen LogP contribution >= 0.6 is 11.3 Å². The summed E-state index contributed by atoms with van der Waals surface area (Å²) >= 11 is 1.55. The average Bonchev–Trinajstić information content (AvgIpc) is 2.76. The summed E-state index contributed by atoms with van der Waals surface area (Å²) in [6, 6.07) is 7.83. The van der Waals surface area contributed by atoms with E-state index in [1.54, 1.807) is 18.3 Å². The minimum atomic E-state index is -0.0780. The van der Waals surface area contributed by atoms with Gasteiger partial charge in [0.1, 0.15) is 16.4 Å². The highest BCUT2D eigenvalue weighted by Crippen LogP contribution is 2.36. The average molecular weight is 300 g/mol. The van der Waals surface area contributed by atoms with E-state index in [2.05, 4.69) is 9.97 Å². The van der Waals surface area contributed by atoms with Crippen molar-refractivity contribution in [3.63, 3.8) is 0 Å². The van der Waals surface area contributed by atoms with Gasteiger partial charge < -0.3 is 9.72 Å². The molecule has 0 aliphatic rings. The SMILES string of the molecule is CCOc1ccc(-c2c(C)sc3nc(C)[nH]c(=O)c23)cc1. The molecule has 0 saturated carbocycles. The molecule has 21 heavy (non-hydrogen) atoms. The number of nitrogens with one attached hydrogen (secondary N) is 1. The molecule has 4 nitrogen and oxygen atoms in total. The van der Waals surface area contributed by atoms with E-state index in [1.165, 1.54) is 0 Å². The van der Waals surface area contributed by atoms with Gasteiger partial charge in [0.05, 0.1) is 12.0 Å². The van der Waals surface area contributed by atoms with E-state index in [0.29, 0.717) is 17.8 Å². The summed E-state index contributed by atoms with van der Waals surface area (Å²) in [5.41, 5.74) is 1.90. The fourth-order valence-electron chi connectivity index (χ4n) is 2.46. The highest BCUT2D eigenvalue weighted by atomic mass is 32.1. The molecule has 0 aliphatic heterocycles. The Bertz CT molecular complexity index is 847. The Labute approximate surface area is 126 Å². The first-order valence-electron chi connectivity index (χ1n) is 6.83. The number of hydrogen-bond donors (Lipinski definition) is 1. The second-order valence-corrected chi connectivity index (χ2v) is 6.03. The van der Waals surface area contributed by atoms with Gasteiger partial charge in [-0.25, -0.2) is 4.98 Å². The molecule has 108 valence electrons. The number of aromatic nitrogens is 2. The number of benzene rings is 1. The van der Waals surface area contributed by atoms with Crippen molar-refractivity contribution in [2.75, 3.05) is 6.61 Å². The van der Waals surface area contributed by atoms with Gasteiger partial charge >= 0.3 is 0 Å². The quantitative estimate of drug-likeness (QED) is 0.803. The summed E-state index contributed by atoms with van der Waals surface area (Å²) in [6.45, 7) is 6.42. The van der Waals surface area contributed by atoms with Crippen LogP contribution in [0.25, 0.3) is 21.3 Å². The van der Waals surface area contributed by atoms with Crippen LogP contribution < -0.4 is 10.3 Å². The predicted molar refractivity (Wildman–Crippen MR) is 86.3 cm³/mol. The minimum Gasteiger partial charge on any atom is -0.494 e. The highest BCUT2D eigenvalue weighted by molar-refractivity contribution is 7.19. The van der Waals surface area contributed by atoms with Crippen molar-refractivity contribution >= 4 is 21.6 Å². The van der Waals surface area contributed by atoms with Gasteiger partial charge in [0.25, 0.3) is 5.56 Å².